The molecule has 0 aliphatic rings. The highest BCUT2D eigenvalue weighted by atomic mass is 16.5. The molecule has 126 valence electrons. The molecule has 2 aromatic rings. The van der Waals surface area contributed by atoms with Crippen LogP contribution in [-0.4, -0.2) is 24.2 Å². The van der Waals surface area contributed by atoms with Gasteiger partial charge in [-0.15, -0.1) is 0 Å². The van der Waals surface area contributed by atoms with Crippen LogP contribution in [-0.2, 0) is 20.7 Å². The second kappa shape index (κ2) is 13.5. The van der Waals surface area contributed by atoms with Crippen molar-refractivity contribution in [2.45, 2.75) is 6.42 Å². The van der Waals surface area contributed by atoms with Crippen LogP contribution in [0, 0.1) is 0 Å². The number of carboxylic acids is 1. The number of hydrogen-bond donors (Lipinski definition) is 1. The third-order valence-electron chi connectivity index (χ3n) is 2.58. The maximum absolute atomic E-state index is 11.0. The molecule has 0 atom stereocenters. The van der Waals surface area contributed by atoms with Crippen LogP contribution in [0.5, 0.6) is 0 Å². The normalized spacial score (nSPS) is 8.38. The molecular weight excluding hydrogens is 304 g/mol. The molecule has 0 fully saturated rings. The van der Waals surface area contributed by atoms with Crippen LogP contribution >= 0.6 is 0 Å². The van der Waals surface area contributed by atoms with E-state index < -0.39 is 5.97 Å². The summed E-state index contributed by atoms with van der Waals surface area (Å²) in [4.78, 5) is 20.2. The number of hydrogen-bond acceptors (Lipinski definition) is 3. The lowest BCUT2D eigenvalue weighted by Crippen LogP contribution is -2.05. The van der Waals surface area contributed by atoms with Gasteiger partial charge in [0.2, 0.25) is 0 Å². The van der Waals surface area contributed by atoms with Gasteiger partial charge in [0, 0.05) is 18.1 Å². The number of esters is 1. The molecule has 4 heteroatoms. The molecule has 0 aliphatic carbocycles. The molecule has 0 radical (unpaired) electrons. The second-order valence-corrected chi connectivity index (χ2v) is 4.45. The number of carboxylic acid groups (broad SMARTS) is 1. The summed E-state index contributed by atoms with van der Waals surface area (Å²) in [6.45, 7) is 6.61. The number of carbonyl (C=O) groups excluding carboxylic acids is 1. The molecule has 0 amide bonds. The van der Waals surface area contributed by atoms with Crippen LogP contribution in [0.25, 0.3) is 0 Å². The predicted octanol–water partition coefficient (Wildman–Crippen LogP) is 3.90. The summed E-state index contributed by atoms with van der Waals surface area (Å²) in [6, 6.07) is 21.7. The summed E-state index contributed by atoms with van der Waals surface area (Å²) in [6.07, 6.45) is 1.38. The van der Waals surface area contributed by atoms with Crippen molar-refractivity contribution in [3.8, 4) is 0 Å². The lowest BCUT2D eigenvalue weighted by molar-refractivity contribution is -0.136. The molecular formula is C20H22O4. The van der Waals surface area contributed by atoms with Gasteiger partial charge in [0.15, 0.2) is 0 Å². The SMILES string of the molecule is C=C(Cc1ccccc1)C(=O)OC.C=CC(=O)O.c1ccccc1. The largest absolute Gasteiger partial charge is 0.478 e. The Labute approximate surface area is 142 Å². The second-order valence-electron chi connectivity index (χ2n) is 4.45. The van der Waals surface area contributed by atoms with E-state index in [1.807, 2.05) is 66.7 Å². The highest BCUT2D eigenvalue weighted by Crippen LogP contribution is 2.06. The van der Waals surface area contributed by atoms with Crippen molar-refractivity contribution in [3.05, 3.63) is 97.1 Å². The molecule has 2 aromatic carbocycles. The van der Waals surface area contributed by atoms with E-state index in [0.29, 0.717) is 12.0 Å². The maximum Gasteiger partial charge on any atom is 0.333 e. The minimum atomic E-state index is -0.981. The first-order valence-electron chi connectivity index (χ1n) is 7.16. The Morgan fingerprint density at radius 1 is 1.00 bits per heavy atom. The van der Waals surface area contributed by atoms with Crippen molar-refractivity contribution >= 4 is 11.9 Å². The predicted molar refractivity (Wildman–Crippen MR) is 95.6 cm³/mol. The van der Waals surface area contributed by atoms with E-state index >= 15 is 0 Å². The summed E-state index contributed by atoms with van der Waals surface area (Å²) in [5, 5.41) is 7.60. The summed E-state index contributed by atoms with van der Waals surface area (Å²) in [5.41, 5.74) is 1.55. The maximum atomic E-state index is 11.0. The Morgan fingerprint density at radius 2 is 1.38 bits per heavy atom. The van der Waals surface area contributed by atoms with E-state index in [4.69, 9.17) is 5.11 Å². The Bertz CT molecular complexity index is 592. The van der Waals surface area contributed by atoms with Crippen LogP contribution < -0.4 is 0 Å². The van der Waals surface area contributed by atoms with E-state index in [2.05, 4.69) is 17.9 Å². The average Bonchev–Trinajstić information content (AvgIpc) is 2.64. The molecule has 0 heterocycles. The molecule has 0 bridgehead atoms. The molecule has 1 N–H and O–H groups in total. The zero-order chi connectivity index (χ0) is 18.2. The molecule has 0 unspecified atom stereocenters. The van der Waals surface area contributed by atoms with Crippen LogP contribution in [0.4, 0.5) is 0 Å². The number of rotatable bonds is 4. The first kappa shape index (κ1) is 20.9. The Morgan fingerprint density at radius 3 is 1.71 bits per heavy atom. The fraction of sp³-hybridized carbons (Fsp3) is 0.100. The van der Waals surface area contributed by atoms with Gasteiger partial charge in [-0.05, 0) is 5.56 Å². The van der Waals surface area contributed by atoms with E-state index in [1.54, 1.807) is 0 Å². The van der Waals surface area contributed by atoms with Crippen molar-refractivity contribution < 1.29 is 19.4 Å². The van der Waals surface area contributed by atoms with Gasteiger partial charge in [-0.2, -0.15) is 0 Å². The van der Waals surface area contributed by atoms with E-state index in [-0.39, 0.29) is 5.97 Å². The summed E-state index contributed by atoms with van der Waals surface area (Å²) < 4.78 is 4.55. The van der Waals surface area contributed by atoms with Gasteiger partial charge in [-0.25, -0.2) is 9.59 Å². The van der Waals surface area contributed by atoms with Crippen LogP contribution in [0.15, 0.2) is 91.5 Å². The van der Waals surface area contributed by atoms with Gasteiger partial charge in [0.05, 0.1) is 7.11 Å². The minimum Gasteiger partial charge on any atom is -0.478 e. The lowest BCUT2D eigenvalue weighted by atomic mass is 10.1. The Balaban J connectivity index is 0.000000397. The monoisotopic (exact) mass is 326 g/mol. The molecule has 0 aromatic heterocycles. The molecule has 0 saturated carbocycles. The van der Waals surface area contributed by atoms with Gasteiger partial charge >= 0.3 is 11.9 Å². The number of aliphatic carboxylic acids is 1. The van der Waals surface area contributed by atoms with Crippen LogP contribution in [0.2, 0.25) is 0 Å². The fourth-order valence-electron chi connectivity index (χ4n) is 1.44. The first-order chi connectivity index (χ1) is 11.5. The molecule has 0 saturated heterocycles. The molecule has 0 aliphatic heterocycles. The fourth-order valence-corrected chi connectivity index (χ4v) is 1.44. The van der Waals surface area contributed by atoms with E-state index in [0.717, 1.165) is 11.6 Å². The number of carbonyl (C=O) groups is 2. The zero-order valence-electron chi connectivity index (χ0n) is 13.7. The highest BCUT2D eigenvalue weighted by Gasteiger charge is 2.06. The topological polar surface area (TPSA) is 63.6 Å². The van der Waals surface area contributed by atoms with Crippen molar-refractivity contribution in [3.63, 3.8) is 0 Å². The van der Waals surface area contributed by atoms with Crippen molar-refractivity contribution in [1.82, 2.24) is 0 Å². The molecule has 24 heavy (non-hydrogen) atoms. The van der Waals surface area contributed by atoms with E-state index in [1.165, 1.54) is 7.11 Å². The number of ether oxygens (including phenoxy) is 1. The highest BCUT2D eigenvalue weighted by molar-refractivity contribution is 5.88. The Kier molecular flexibility index (Phi) is 11.7. The average molecular weight is 326 g/mol. The zero-order valence-corrected chi connectivity index (χ0v) is 13.7. The van der Waals surface area contributed by atoms with Gasteiger partial charge in [0.1, 0.15) is 0 Å². The van der Waals surface area contributed by atoms with Crippen molar-refractivity contribution in [2.24, 2.45) is 0 Å². The van der Waals surface area contributed by atoms with Gasteiger partial charge in [0.25, 0.3) is 0 Å². The quantitative estimate of drug-likeness (QED) is 0.683. The summed E-state index contributed by atoms with van der Waals surface area (Å²) >= 11 is 0. The third kappa shape index (κ3) is 11.5. The number of benzene rings is 2. The standard InChI is InChI=1S/C11H12O2.C6H6.C3H4O2/c1-9(11(12)13-2)8-10-6-4-3-5-7-10;1-2-4-6-5-3-1;1-2-3(4)5/h3-7H,1,8H2,2H3;1-6H;2H,1H2,(H,4,5). The summed E-state index contributed by atoms with van der Waals surface area (Å²) in [5.74, 6) is -1.33. The molecule has 0 spiro atoms. The first-order valence-corrected chi connectivity index (χ1v) is 7.16. The van der Waals surface area contributed by atoms with Crippen LogP contribution in [0.3, 0.4) is 0 Å². The summed E-state index contributed by atoms with van der Waals surface area (Å²) in [7, 11) is 1.36. The smallest absolute Gasteiger partial charge is 0.333 e. The van der Waals surface area contributed by atoms with E-state index in [9.17, 15) is 9.59 Å². The van der Waals surface area contributed by atoms with Crippen LogP contribution in [0.1, 0.15) is 5.56 Å². The van der Waals surface area contributed by atoms with Gasteiger partial charge in [-0.3, -0.25) is 0 Å². The van der Waals surface area contributed by atoms with Gasteiger partial charge in [-0.1, -0.05) is 79.9 Å². The molecule has 2 rings (SSSR count). The third-order valence-corrected chi connectivity index (χ3v) is 2.58. The minimum absolute atomic E-state index is 0.344. The Hall–Kier alpha value is -3.14. The lowest BCUT2D eigenvalue weighted by Gasteiger charge is -2.02. The molecule has 4 nitrogen and oxygen atoms in total. The van der Waals surface area contributed by atoms with Gasteiger partial charge < -0.3 is 9.84 Å². The van der Waals surface area contributed by atoms with Crippen molar-refractivity contribution in [1.29, 1.82) is 0 Å². The number of methoxy groups -OCH3 is 1. The van der Waals surface area contributed by atoms with Crippen molar-refractivity contribution in [2.75, 3.05) is 7.11 Å².